The Balaban J connectivity index is 1.91. The van der Waals surface area contributed by atoms with Crippen LogP contribution in [-0.4, -0.2) is 19.7 Å². The molecule has 5 aromatic rings. The number of rotatable bonds is 3. The standard InChI is InChI=1S/C24H16ClN5S/c25-17-11-13-18(14-12-17)30-22(26)20-19(15-7-3-1-4-8-15)21(16-9-5-2-6-10-16)28-29-23(20)27-24(30)31/h1-14H,26H2. The maximum Gasteiger partial charge on any atom is 0.207 e. The van der Waals surface area contributed by atoms with Crippen molar-refractivity contribution in [2.75, 3.05) is 5.73 Å². The van der Waals surface area contributed by atoms with Crippen molar-refractivity contribution in [1.82, 2.24) is 19.7 Å². The van der Waals surface area contributed by atoms with Crippen molar-refractivity contribution in [2.24, 2.45) is 0 Å². The summed E-state index contributed by atoms with van der Waals surface area (Å²) in [6, 6.07) is 27.2. The molecule has 0 spiro atoms. The molecule has 0 amide bonds. The lowest BCUT2D eigenvalue weighted by atomic mass is 9.97. The molecule has 0 aliphatic rings. The third-order valence-corrected chi connectivity index (χ3v) is 5.57. The molecule has 0 saturated heterocycles. The van der Waals surface area contributed by atoms with E-state index in [9.17, 15) is 0 Å². The van der Waals surface area contributed by atoms with Gasteiger partial charge in [0.05, 0.1) is 5.39 Å². The Labute approximate surface area is 188 Å². The summed E-state index contributed by atoms with van der Waals surface area (Å²) in [5.41, 5.74) is 11.4. The summed E-state index contributed by atoms with van der Waals surface area (Å²) in [6.07, 6.45) is 0. The Kier molecular flexibility index (Phi) is 4.94. The highest BCUT2D eigenvalue weighted by molar-refractivity contribution is 7.71. The Morgan fingerprint density at radius 3 is 2.03 bits per heavy atom. The Morgan fingerprint density at radius 1 is 0.774 bits per heavy atom. The molecule has 31 heavy (non-hydrogen) atoms. The van der Waals surface area contributed by atoms with Gasteiger partial charge >= 0.3 is 0 Å². The number of nitrogens with two attached hydrogens (primary N) is 1. The fourth-order valence-corrected chi connectivity index (χ4v) is 4.04. The smallest absolute Gasteiger partial charge is 0.207 e. The first kappa shape index (κ1) is 19.4. The van der Waals surface area contributed by atoms with Gasteiger partial charge in [-0.05, 0) is 42.0 Å². The molecule has 5 rings (SSSR count). The zero-order chi connectivity index (χ0) is 21.4. The van der Waals surface area contributed by atoms with Gasteiger partial charge in [-0.2, -0.15) is 4.98 Å². The van der Waals surface area contributed by atoms with Crippen LogP contribution in [0.4, 0.5) is 5.82 Å². The third kappa shape index (κ3) is 3.46. The molecule has 3 aromatic carbocycles. The largest absolute Gasteiger partial charge is 0.384 e. The molecule has 0 saturated carbocycles. The van der Waals surface area contributed by atoms with Crippen LogP contribution in [0.1, 0.15) is 0 Å². The Morgan fingerprint density at radius 2 is 1.39 bits per heavy atom. The molecule has 2 heterocycles. The minimum Gasteiger partial charge on any atom is -0.384 e. The van der Waals surface area contributed by atoms with Crippen LogP contribution in [0.15, 0.2) is 84.9 Å². The van der Waals surface area contributed by atoms with Crippen molar-refractivity contribution in [3.05, 3.63) is 94.7 Å². The van der Waals surface area contributed by atoms with Crippen LogP contribution in [0, 0.1) is 4.77 Å². The normalized spacial score (nSPS) is 11.0. The van der Waals surface area contributed by atoms with E-state index in [-0.39, 0.29) is 0 Å². The molecule has 0 atom stereocenters. The van der Waals surface area contributed by atoms with Gasteiger partial charge in [-0.15, -0.1) is 10.2 Å². The zero-order valence-electron chi connectivity index (χ0n) is 16.2. The Bertz CT molecular complexity index is 1450. The van der Waals surface area contributed by atoms with Crippen molar-refractivity contribution in [3.8, 4) is 28.1 Å². The summed E-state index contributed by atoms with van der Waals surface area (Å²) in [4.78, 5) is 4.55. The van der Waals surface area contributed by atoms with Gasteiger partial charge in [-0.1, -0.05) is 72.3 Å². The summed E-state index contributed by atoms with van der Waals surface area (Å²) in [5.74, 6) is 0.447. The van der Waals surface area contributed by atoms with E-state index >= 15 is 0 Å². The maximum atomic E-state index is 6.73. The van der Waals surface area contributed by atoms with Crippen LogP contribution in [-0.2, 0) is 0 Å². The van der Waals surface area contributed by atoms with Crippen molar-refractivity contribution in [2.45, 2.75) is 0 Å². The predicted molar refractivity (Wildman–Crippen MR) is 128 cm³/mol. The van der Waals surface area contributed by atoms with Crippen molar-refractivity contribution in [1.29, 1.82) is 0 Å². The van der Waals surface area contributed by atoms with Crippen LogP contribution in [0.3, 0.4) is 0 Å². The van der Waals surface area contributed by atoms with E-state index < -0.39 is 0 Å². The van der Waals surface area contributed by atoms with E-state index in [1.54, 1.807) is 16.7 Å². The molecule has 7 heteroatoms. The van der Waals surface area contributed by atoms with Gasteiger partial charge in [-0.3, -0.25) is 4.57 Å². The van der Waals surface area contributed by atoms with Gasteiger partial charge in [0.2, 0.25) is 4.77 Å². The average Bonchev–Trinajstić information content (AvgIpc) is 2.81. The molecule has 0 radical (unpaired) electrons. The molecule has 0 aliphatic heterocycles. The Hall–Kier alpha value is -3.61. The van der Waals surface area contributed by atoms with Crippen LogP contribution in [0.2, 0.25) is 5.02 Å². The quantitative estimate of drug-likeness (QED) is 0.342. The fourth-order valence-electron chi connectivity index (χ4n) is 3.63. The molecule has 0 unspecified atom stereocenters. The predicted octanol–water partition coefficient (Wildman–Crippen LogP) is 6.11. The number of anilines is 1. The van der Waals surface area contributed by atoms with Gasteiger partial charge in [-0.25, -0.2) is 0 Å². The van der Waals surface area contributed by atoms with E-state index in [1.165, 1.54) is 0 Å². The summed E-state index contributed by atoms with van der Waals surface area (Å²) in [5, 5.41) is 10.2. The van der Waals surface area contributed by atoms with Crippen molar-refractivity contribution < 1.29 is 0 Å². The first-order chi connectivity index (χ1) is 15.1. The topological polar surface area (TPSA) is 69.6 Å². The number of nitrogen functional groups attached to an aromatic ring is 1. The SMILES string of the molecule is Nc1c2c(-c3ccccc3)c(-c3ccccc3)nnc2nc(=S)n1-c1ccc(Cl)cc1. The third-order valence-electron chi connectivity index (χ3n) is 5.04. The minimum absolute atomic E-state index is 0.299. The summed E-state index contributed by atoms with van der Waals surface area (Å²) < 4.78 is 2.03. The summed E-state index contributed by atoms with van der Waals surface area (Å²) in [6.45, 7) is 0. The maximum absolute atomic E-state index is 6.73. The molecular weight excluding hydrogens is 426 g/mol. The van der Waals surface area contributed by atoms with Gasteiger partial charge < -0.3 is 5.73 Å². The van der Waals surface area contributed by atoms with Crippen molar-refractivity contribution >= 4 is 40.7 Å². The number of fused-ring (bicyclic) bond motifs is 1. The van der Waals surface area contributed by atoms with Crippen LogP contribution in [0.25, 0.3) is 39.1 Å². The molecule has 150 valence electrons. The van der Waals surface area contributed by atoms with E-state index in [1.807, 2.05) is 72.8 Å². The minimum atomic E-state index is 0.299. The van der Waals surface area contributed by atoms with E-state index in [4.69, 9.17) is 29.6 Å². The number of hydrogen-bond donors (Lipinski definition) is 1. The van der Waals surface area contributed by atoms with E-state index in [2.05, 4.69) is 15.2 Å². The van der Waals surface area contributed by atoms with Gasteiger partial charge in [0.25, 0.3) is 0 Å². The second kappa shape index (κ2) is 7.91. The molecule has 2 N–H and O–H groups in total. The highest BCUT2D eigenvalue weighted by atomic mass is 35.5. The summed E-state index contributed by atoms with van der Waals surface area (Å²) in [7, 11) is 0. The number of benzene rings is 3. The van der Waals surface area contributed by atoms with Crippen LogP contribution >= 0.6 is 23.8 Å². The van der Waals surface area contributed by atoms with E-state index in [0.29, 0.717) is 26.6 Å². The number of nitrogens with zero attached hydrogens (tertiary/aromatic N) is 4. The second-order valence-electron chi connectivity index (χ2n) is 6.95. The first-order valence-electron chi connectivity index (χ1n) is 9.59. The average molecular weight is 442 g/mol. The van der Waals surface area contributed by atoms with Crippen LogP contribution < -0.4 is 5.73 Å². The molecule has 0 aliphatic carbocycles. The monoisotopic (exact) mass is 441 g/mol. The zero-order valence-corrected chi connectivity index (χ0v) is 17.8. The molecule has 0 bridgehead atoms. The van der Waals surface area contributed by atoms with Gasteiger partial charge in [0.1, 0.15) is 11.5 Å². The summed E-state index contributed by atoms with van der Waals surface area (Å²) >= 11 is 11.6. The number of halogens is 1. The van der Waals surface area contributed by atoms with E-state index in [0.717, 1.165) is 28.1 Å². The van der Waals surface area contributed by atoms with Gasteiger partial charge in [0, 0.05) is 21.8 Å². The first-order valence-corrected chi connectivity index (χ1v) is 10.4. The second-order valence-corrected chi connectivity index (χ2v) is 7.75. The fraction of sp³-hybridized carbons (Fsp3) is 0. The molecule has 0 fully saturated rings. The number of aromatic nitrogens is 4. The highest BCUT2D eigenvalue weighted by Gasteiger charge is 2.20. The lowest BCUT2D eigenvalue weighted by molar-refractivity contribution is 0.966. The highest BCUT2D eigenvalue weighted by Crippen LogP contribution is 2.38. The molecule has 5 nitrogen and oxygen atoms in total. The van der Waals surface area contributed by atoms with Gasteiger partial charge in [0.15, 0.2) is 5.65 Å². The molecular formula is C24H16ClN5S. The lowest BCUT2D eigenvalue weighted by Gasteiger charge is -2.17. The number of hydrogen-bond acceptors (Lipinski definition) is 5. The molecule has 2 aromatic heterocycles. The van der Waals surface area contributed by atoms with Crippen molar-refractivity contribution in [3.63, 3.8) is 0 Å². The lowest BCUT2D eigenvalue weighted by Crippen LogP contribution is -2.10. The van der Waals surface area contributed by atoms with Crippen LogP contribution in [0.5, 0.6) is 0 Å².